The number of hydrogen-bond acceptors (Lipinski definition) is 10. The smallest absolute Gasteiger partial charge is 0.327 e. The lowest BCUT2D eigenvalue weighted by atomic mass is 9.81. The number of nitrogens with zero attached hydrogens (tertiary/aromatic N) is 2. The minimum absolute atomic E-state index is 0.0803. The Kier molecular flexibility index (Phi) is 7.23. The second-order valence-electron chi connectivity index (χ2n) is 13.9. The van der Waals surface area contributed by atoms with E-state index in [1.807, 2.05) is 0 Å². The minimum atomic E-state index is -1.66. The Morgan fingerprint density at radius 1 is 0.429 bits per heavy atom. The summed E-state index contributed by atoms with van der Waals surface area (Å²) in [5, 5.41) is 63.9. The number of phenols is 4. The number of aliphatic carboxylic acids is 2. The van der Waals surface area contributed by atoms with Crippen molar-refractivity contribution >= 4 is 78.7 Å². The fourth-order valence-electron chi connectivity index (χ4n) is 8.29. The number of hydrogen-bond donors (Lipinski definition) is 6. The van der Waals surface area contributed by atoms with E-state index in [4.69, 9.17) is 0 Å². The molecule has 7 aromatic rings. The number of carbonyl (C=O) groups excluding carboxylic acids is 4. The van der Waals surface area contributed by atoms with Gasteiger partial charge in [-0.2, -0.15) is 0 Å². The molecule has 0 aliphatic carbocycles. The van der Waals surface area contributed by atoms with Crippen LogP contribution in [0, 0.1) is 0 Å². The molecule has 14 heteroatoms. The van der Waals surface area contributed by atoms with Gasteiger partial charge in [-0.05, 0) is 92.0 Å². The number of carboxylic acids is 2. The quantitative estimate of drug-likeness (QED) is 0.0513. The number of aromatic hydroxyl groups is 4. The lowest BCUT2D eigenvalue weighted by molar-refractivity contribution is -0.142. The molecule has 6 N–H and O–H groups in total. The molecule has 0 spiro atoms. The zero-order valence-electron chi connectivity index (χ0n) is 28.7. The first-order valence-electron chi connectivity index (χ1n) is 17.2. The summed E-state index contributed by atoms with van der Waals surface area (Å²) in [5.74, 6) is -8.11. The molecule has 4 amide bonds. The third-order valence-electron chi connectivity index (χ3n) is 10.8. The van der Waals surface area contributed by atoms with Crippen molar-refractivity contribution in [2.75, 3.05) is 0 Å². The molecule has 0 radical (unpaired) electrons. The first-order chi connectivity index (χ1) is 26.8. The van der Waals surface area contributed by atoms with E-state index in [2.05, 4.69) is 0 Å². The van der Waals surface area contributed by atoms with Crippen molar-refractivity contribution in [2.45, 2.75) is 24.9 Å². The van der Waals surface area contributed by atoms with Gasteiger partial charge < -0.3 is 30.6 Å². The maximum atomic E-state index is 14.1. The average molecular weight is 751 g/mol. The summed E-state index contributed by atoms with van der Waals surface area (Å²) in [4.78, 5) is 83.1. The SMILES string of the molecule is O=C(O)C(Cc1ccc(O)c(O)c1)N1C(=O)c2ccc3c4ccc5c6c(ccc(c7ccc(c2c37)C1=O)c64)C(=O)N(C(Cc1ccc(O)c(O)c1)C(=O)O)C5=O. The molecule has 2 atom stereocenters. The van der Waals surface area contributed by atoms with Gasteiger partial charge in [0.25, 0.3) is 23.6 Å². The molecule has 2 aliphatic heterocycles. The normalized spacial score (nSPS) is 15.1. The van der Waals surface area contributed by atoms with E-state index in [0.717, 1.165) is 12.1 Å². The van der Waals surface area contributed by atoms with Crippen molar-refractivity contribution in [3.05, 3.63) is 118 Å². The number of phenolic OH excluding ortho intramolecular Hbond substituents is 4. The first-order valence-corrected chi connectivity index (χ1v) is 17.2. The highest BCUT2D eigenvalue weighted by molar-refractivity contribution is 6.41. The Labute approximate surface area is 313 Å². The molecule has 7 aromatic carbocycles. The molecule has 56 heavy (non-hydrogen) atoms. The zero-order valence-corrected chi connectivity index (χ0v) is 28.7. The fraction of sp³-hybridized carbons (Fsp3) is 0.0952. The van der Waals surface area contributed by atoms with Crippen molar-refractivity contribution in [3.8, 4) is 23.0 Å². The van der Waals surface area contributed by atoms with E-state index < -0.39 is 70.6 Å². The predicted molar refractivity (Wildman–Crippen MR) is 198 cm³/mol. The molecule has 0 fully saturated rings. The highest BCUT2D eigenvalue weighted by Crippen LogP contribution is 2.47. The zero-order chi connectivity index (χ0) is 39.5. The van der Waals surface area contributed by atoms with Gasteiger partial charge >= 0.3 is 11.9 Å². The summed E-state index contributed by atoms with van der Waals surface area (Å²) >= 11 is 0. The average Bonchev–Trinajstić information content (AvgIpc) is 3.17. The van der Waals surface area contributed by atoms with Crippen molar-refractivity contribution < 1.29 is 59.4 Å². The number of benzene rings is 7. The summed E-state index contributed by atoms with van der Waals surface area (Å²) in [7, 11) is 0. The molecule has 2 heterocycles. The number of fused-ring (bicyclic) bond motifs is 2. The van der Waals surface area contributed by atoms with Crippen molar-refractivity contribution in [3.63, 3.8) is 0 Å². The third kappa shape index (κ3) is 4.68. The Morgan fingerprint density at radius 2 is 0.732 bits per heavy atom. The molecular formula is C42H26N2O12. The fourth-order valence-corrected chi connectivity index (χ4v) is 8.29. The summed E-state index contributed by atoms with van der Waals surface area (Å²) < 4.78 is 0. The van der Waals surface area contributed by atoms with Gasteiger partial charge in [0, 0.05) is 45.9 Å². The van der Waals surface area contributed by atoms with Crippen LogP contribution in [0.15, 0.2) is 84.9 Å². The van der Waals surface area contributed by atoms with Crippen LogP contribution in [0.5, 0.6) is 23.0 Å². The monoisotopic (exact) mass is 750 g/mol. The second-order valence-corrected chi connectivity index (χ2v) is 13.9. The van der Waals surface area contributed by atoms with Gasteiger partial charge in [0.15, 0.2) is 23.0 Å². The van der Waals surface area contributed by atoms with E-state index in [1.54, 1.807) is 24.3 Å². The van der Waals surface area contributed by atoms with Gasteiger partial charge in [0.2, 0.25) is 0 Å². The van der Waals surface area contributed by atoms with E-state index in [9.17, 15) is 59.4 Å². The molecule has 14 nitrogen and oxygen atoms in total. The van der Waals surface area contributed by atoms with Gasteiger partial charge in [-0.15, -0.1) is 0 Å². The van der Waals surface area contributed by atoms with Gasteiger partial charge in [0.1, 0.15) is 12.1 Å². The lowest BCUT2D eigenvalue weighted by Crippen LogP contribution is -2.51. The highest BCUT2D eigenvalue weighted by atomic mass is 16.4. The Bertz CT molecular complexity index is 2670. The van der Waals surface area contributed by atoms with Crippen molar-refractivity contribution in [2.24, 2.45) is 0 Å². The Morgan fingerprint density at radius 3 is 1.00 bits per heavy atom. The van der Waals surface area contributed by atoms with Crippen molar-refractivity contribution in [1.29, 1.82) is 0 Å². The molecule has 0 aromatic heterocycles. The maximum absolute atomic E-state index is 14.1. The summed E-state index contributed by atoms with van der Waals surface area (Å²) in [5.41, 5.74) is 0.844. The van der Waals surface area contributed by atoms with Crippen LogP contribution in [0.4, 0.5) is 0 Å². The van der Waals surface area contributed by atoms with Crippen LogP contribution in [-0.4, -0.2) is 88.1 Å². The Balaban J connectivity index is 1.17. The number of carbonyl (C=O) groups is 6. The molecule has 0 saturated heterocycles. The first kappa shape index (κ1) is 34.1. The van der Waals surface area contributed by atoms with Crippen LogP contribution < -0.4 is 0 Å². The van der Waals surface area contributed by atoms with E-state index in [0.29, 0.717) is 52.9 Å². The largest absolute Gasteiger partial charge is 0.504 e. The number of rotatable bonds is 8. The standard InChI is InChI=1S/C42H26N2O12/c45-29-11-1-17(15-31(29)47)13-27(41(53)54)43-37(49)23-7-3-19-21-5-9-25-36-26(10-6-22(34(21)36)20-4-8-24(38(43)50)35(23)33(19)20)40(52)44(39(25)51)28(42(55)56)14-18-2-12-30(46)32(48)16-18/h1-12,15-16,27-28,45-48H,13-14H2,(H,53,54)(H,55,56). The number of carboxylic acid groups (broad SMARTS) is 2. The Hall–Kier alpha value is -7.74. The summed E-state index contributed by atoms with van der Waals surface area (Å²) in [6.07, 6.45) is -0.699. The molecule has 2 unspecified atom stereocenters. The van der Waals surface area contributed by atoms with Crippen LogP contribution in [-0.2, 0) is 22.4 Å². The van der Waals surface area contributed by atoms with Gasteiger partial charge in [-0.3, -0.25) is 29.0 Å². The predicted octanol–water partition coefficient (Wildman–Crippen LogP) is 5.14. The summed E-state index contributed by atoms with van der Waals surface area (Å²) in [6.45, 7) is 0. The van der Waals surface area contributed by atoms with Crippen LogP contribution in [0.25, 0.3) is 43.1 Å². The number of imide groups is 2. The molecule has 0 saturated carbocycles. The third-order valence-corrected chi connectivity index (χ3v) is 10.8. The summed E-state index contributed by atoms with van der Waals surface area (Å²) in [6, 6.07) is 16.7. The van der Waals surface area contributed by atoms with E-state index in [1.165, 1.54) is 48.5 Å². The van der Waals surface area contributed by atoms with E-state index >= 15 is 0 Å². The molecular weight excluding hydrogens is 724 g/mol. The highest BCUT2D eigenvalue weighted by Gasteiger charge is 2.43. The van der Waals surface area contributed by atoms with Gasteiger partial charge in [-0.1, -0.05) is 36.4 Å². The molecule has 9 rings (SSSR count). The molecule has 2 aliphatic rings. The second kappa shape index (κ2) is 11.9. The van der Waals surface area contributed by atoms with Gasteiger partial charge in [0.05, 0.1) is 0 Å². The minimum Gasteiger partial charge on any atom is -0.504 e. The maximum Gasteiger partial charge on any atom is 0.327 e. The van der Waals surface area contributed by atoms with Crippen molar-refractivity contribution in [1.82, 2.24) is 9.80 Å². The molecule has 276 valence electrons. The van der Waals surface area contributed by atoms with Crippen LogP contribution >= 0.6 is 0 Å². The van der Waals surface area contributed by atoms with Gasteiger partial charge in [-0.25, -0.2) is 9.59 Å². The van der Waals surface area contributed by atoms with E-state index in [-0.39, 0.29) is 46.2 Å². The topological polar surface area (TPSA) is 230 Å². The molecule has 0 bridgehead atoms. The van der Waals surface area contributed by atoms with Crippen LogP contribution in [0.2, 0.25) is 0 Å². The van der Waals surface area contributed by atoms with Crippen LogP contribution in [0.3, 0.4) is 0 Å². The lowest BCUT2D eigenvalue weighted by Gasteiger charge is -2.33. The number of amides is 4. The van der Waals surface area contributed by atoms with Crippen LogP contribution in [0.1, 0.15) is 52.6 Å².